The Hall–Kier alpha value is -3.54. The second-order valence-electron chi connectivity index (χ2n) is 6.36. The molecule has 2 aromatic heterocycles. The lowest BCUT2D eigenvalue weighted by Gasteiger charge is -2.15. The van der Waals surface area contributed by atoms with E-state index >= 15 is 0 Å². The van der Waals surface area contributed by atoms with Crippen LogP contribution in [-0.2, 0) is 0 Å². The minimum absolute atomic E-state index is 0.0938. The van der Waals surface area contributed by atoms with E-state index in [1.165, 1.54) is 0 Å². The Morgan fingerprint density at radius 1 is 0.654 bits per heavy atom. The Kier molecular flexibility index (Phi) is 3.73. The summed E-state index contributed by atoms with van der Waals surface area (Å²) in [5.74, 6) is 0.188. The molecule has 0 atom stereocenters. The second-order valence-corrected chi connectivity index (χ2v) is 6.36. The van der Waals surface area contributed by atoms with Crippen LogP contribution < -0.4 is 0 Å². The average Bonchev–Trinajstić information content (AvgIpc) is 3.32. The fourth-order valence-corrected chi connectivity index (χ4v) is 3.19. The Morgan fingerprint density at radius 3 is 1.38 bits per heavy atom. The predicted molar refractivity (Wildman–Crippen MR) is 99.8 cm³/mol. The molecule has 4 aromatic rings. The maximum atomic E-state index is 10.9. The van der Waals surface area contributed by atoms with Crippen LogP contribution in [0.1, 0.15) is 11.1 Å². The zero-order valence-corrected chi connectivity index (χ0v) is 14.4. The van der Waals surface area contributed by atoms with Gasteiger partial charge in [-0.25, -0.2) is 0 Å². The summed E-state index contributed by atoms with van der Waals surface area (Å²) in [6.45, 7) is 3.90. The summed E-state index contributed by atoms with van der Waals surface area (Å²) in [6, 6.07) is 11.1. The van der Waals surface area contributed by atoms with E-state index in [2.05, 4.69) is 20.4 Å². The number of aromatic amines is 2. The number of aromatic hydroxyl groups is 2. The van der Waals surface area contributed by atoms with Crippen LogP contribution in [0.3, 0.4) is 0 Å². The van der Waals surface area contributed by atoms with E-state index in [0.717, 1.165) is 11.1 Å². The third-order valence-electron chi connectivity index (χ3n) is 4.38. The van der Waals surface area contributed by atoms with E-state index in [0.29, 0.717) is 33.6 Å². The number of aromatic nitrogens is 4. The van der Waals surface area contributed by atoms with Crippen molar-refractivity contribution in [2.24, 2.45) is 0 Å². The lowest BCUT2D eigenvalue weighted by molar-refractivity contribution is 0.471. The van der Waals surface area contributed by atoms with Gasteiger partial charge in [-0.2, -0.15) is 10.2 Å². The summed E-state index contributed by atoms with van der Waals surface area (Å²) in [5, 5.41) is 35.5. The Bertz CT molecular complexity index is 980. The SMILES string of the molecule is Cc1cc(-c2ccn[nH]2)c(O)c(-c2cc(C)cc(-c3ccn[nH]3)c2O)c1. The van der Waals surface area contributed by atoms with E-state index in [-0.39, 0.29) is 11.5 Å². The first-order chi connectivity index (χ1) is 12.5. The molecular formula is C20H18N4O2. The van der Waals surface area contributed by atoms with Crippen molar-refractivity contribution in [2.75, 3.05) is 0 Å². The molecular weight excluding hydrogens is 328 g/mol. The number of nitrogens with zero attached hydrogens (tertiary/aromatic N) is 2. The van der Waals surface area contributed by atoms with Crippen LogP contribution in [0.5, 0.6) is 11.5 Å². The zero-order chi connectivity index (χ0) is 18.3. The molecule has 0 spiro atoms. The van der Waals surface area contributed by atoms with Gasteiger partial charge in [0.1, 0.15) is 11.5 Å². The highest BCUT2D eigenvalue weighted by molar-refractivity contribution is 5.88. The molecule has 6 heteroatoms. The van der Waals surface area contributed by atoms with Gasteiger partial charge in [0.2, 0.25) is 0 Å². The van der Waals surface area contributed by atoms with Crippen LogP contribution in [0, 0.1) is 13.8 Å². The van der Waals surface area contributed by atoms with Crippen LogP contribution in [-0.4, -0.2) is 30.6 Å². The van der Waals surface area contributed by atoms with Crippen LogP contribution in [0.4, 0.5) is 0 Å². The number of H-pyrrole nitrogens is 2. The van der Waals surface area contributed by atoms with Crippen LogP contribution in [0.2, 0.25) is 0 Å². The van der Waals surface area contributed by atoms with Gasteiger partial charge in [-0.15, -0.1) is 0 Å². The summed E-state index contributed by atoms with van der Waals surface area (Å²) in [5.41, 5.74) is 5.77. The molecule has 0 fully saturated rings. The summed E-state index contributed by atoms with van der Waals surface area (Å²) in [6.07, 6.45) is 3.27. The molecule has 0 radical (unpaired) electrons. The summed E-state index contributed by atoms with van der Waals surface area (Å²) in [7, 11) is 0. The third kappa shape index (κ3) is 2.61. The van der Waals surface area contributed by atoms with Crippen molar-refractivity contribution in [3.63, 3.8) is 0 Å². The van der Waals surface area contributed by atoms with Gasteiger partial charge in [0, 0.05) is 34.6 Å². The van der Waals surface area contributed by atoms with E-state index in [1.807, 2.05) is 38.1 Å². The first-order valence-corrected chi connectivity index (χ1v) is 8.21. The fourth-order valence-electron chi connectivity index (χ4n) is 3.19. The average molecular weight is 346 g/mol. The number of aryl methyl sites for hydroxylation is 2. The molecule has 0 saturated carbocycles. The molecule has 0 unspecified atom stereocenters. The quantitative estimate of drug-likeness (QED) is 0.448. The molecule has 4 N–H and O–H groups in total. The highest BCUT2D eigenvalue weighted by Gasteiger charge is 2.19. The molecule has 6 nitrogen and oxygen atoms in total. The Morgan fingerprint density at radius 2 is 1.04 bits per heavy atom. The van der Waals surface area contributed by atoms with E-state index in [4.69, 9.17) is 0 Å². The molecule has 0 aliphatic carbocycles. The Balaban J connectivity index is 1.97. The highest BCUT2D eigenvalue weighted by atomic mass is 16.3. The number of phenols is 2. The zero-order valence-electron chi connectivity index (χ0n) is 14.4. The van der Waals surface area contributed by atoms with Gasteiger partial charge in [-0.1, -0.05) is 0 Å². The lowest BCUT2D eigenvalue weighted by atomic mass is 9.93. The van der Waals surface area contributed by atoms with Gasteiger partial charge >= 0.3 is 0 Å². The van der Waals surface area contributed by atoms with E-state index in [9.17, 15) is 10.2 Å². The van der Waals surface area contributed by atoms with Gasteiger partial charge < -0.3 is 10.2 Å². The number of nitrogens with one attached hydrogen (secondary N) is 2. The molecule has 26 heavy (non-hydrogen) atoms. The summed E-state index contributed by atoms with van der Waals surface area (Å²) >= 11 is 0. The minimum atomic E-state index is 0.0938. The molecule has 0 amide bonds. The van der Waals surface area contributed by atoms with Crippen molar-refractivity contribution in [3.8, 4) is 45.1 Å². The number of hydrogen-bond donors (Lipinski definition) is 4. The second kappa shape index (κ2) is 6.07. The maximum Gasteiger partial charge on any atom is 0.132 e. The molecule has 4 rings (SSSR count). The first kappa shape index (κ1) is 16.0. The summed E-state index contributed by atoms with van der Waals surface area (Å²) in [4.78, 5) is 0. The van der Waals surface area contributed by atoms with Gasteiger partial charge in [0.05, 0.1) is 11.4 Å². The topological polar surface area (TPSA) is 97.8 Å². The largest absolute Gasteiger partial charge is 0.507 e. The van der Waals surface area contributed by atoms with Crippen molar-refractivity contribution in [2.45, 2.75) is 13.8 Å². The molecule has 0 bridgehead atoms. The minimum Gasteiger partial charge on any atom is -0.507 e. The van der Waals surface area contributed by atoms with Crippen LogP contribution >= 0.6 is 0 Å². The van der Waals surface area contributed by atoms with Crippen molar-refractivity contribution in [3.05, 3.63) is 59.9 Å². The molecule has 2 heterocycles. The summed E-state index contributed by atoms with van der Waals surface area (Å²) < 4.78 is 0. The smallest absolute Gasteiger partial charge is 0.132 e. The normalized spacial score (nSPS) is 11.0. The van der Waals surface area contributed by atoms with Gasteiger partial charge in [-0.3, -0.25) is 10.2 Å². The predicted octanol–water partition coefficient (Wildman–Crippen LogP) is 4.16. The van der Waals surface area contributed by atoms with E-state index < -0.39 is 0 Å². The monoisotopic (exact) mass is 346 g/mol. The Labute approximate surface area is 150 Å². The lowest BCUT2D eigenvalue weighted by Crippen LogP contribution is -1.91. The highest BCUT2D eigenvalue weighted by Crippen LogP contribution is 2.45. The van der Waals surface area contributed by atoms with E-state index in [1.54, 1.807) is 24.5 Å². The number of phenolic OH excluding ortho intramolecular Hbond substituents is 2. The van der Waals surface area contributed by atoms with Crippen LogP contribution in [0.25, 0.3) is 33.6 Å². The number of hydrogen-bond acceptors (Lipinski definition) is 4. The number of benzene rings is 2. The first-order valence-electron chi connectivity index (χ1n) is 8.21. The molecule has 130 valence electrons. The number of rotatable bonds is 3. The molecule has 0 saturated heterocycles. The van der Waals surface area contributed by atoms with Crippen molar-refractivity contribution >= 4 is 0 Å². The standard InChI is InChI=1S/C20H18N4O2/c1-11-7-13(19(25)15(9-11)17-3-5-21-23-17)14-8-12(2)10-16(20(14)26)18-4-6-22-24-18/h3-10,25-26H,1-2H3,(H,21,23)(H,22,24). The third-order valence-corrected chi connectivity index (χ3v) is 4.38. The fraction of sp³-hybridized carbons (Fsp3) is 0.100. The molecule has 0 aliphatic rings. The van der Waals surface area contributed by atoms with Gasteiger partial charge in [-0.05, 0) is 61.4 Å². The van der Waals surface area contributed by atoms with Crippen molar-refractivity contribution < 1.29 is 10.2 Å². The molecule has 0 aliphatic heterocycles. The van der Waals surface area contributed by atoms with Crippen molar-refractivity contribution in [1.82, 2.24) is 20.4 Å². The van der Waals surface area contributed by atoms with Crippen LogP contribution in [0.15, 0.2) is 48.8 Å². The van der Waals surface area contributed by atoms with Gasteiger partial charge in [0.25, 0.3) is 0 Å². The van der Waals surface area contributed by atoms with Gasteiger partial charge in [0.15, 0.2) is 0 Å². The molecule has 2 aromatic carbocycles. The maximum absolute atomic E-state index is 10.9. The van der Waals surface area contributed by atoms with Crippen molar-refractivity contribution in [1.29, 1.82) is 0 Å².